The maximum atomic E-state index is 13.1. The van der Waals surface area contributed by atoms with Gasteiger partial charge in [0.05, 0.1) is 6.20 Å². The first-order valence-electron chi connectivity index (χ1n) is 4.99. The van der Waals surface area contributed by atoms with E-state index in [4.69, 9.17) is 0 Å². The second-order valence-electron chi connectivity index (χ2n) is 3.68. The molecule has 86 valence electrons. The Bertz CT molecular complexity index is 581. The normalized spacial score (nSPS) is 10.3. The third kappa shape index (κ3) is 2.36. The molecule has 1 heterocycles. The molecule has 0 fully saturated rings. The topological polar surface area (TPSA) is 30.0 Å². The highest BCUT2D eigenvalue weighted by Crippen LogP contribution is 2.15. The van der Waals surface area contributed by atoms with Crippen molar-refractivity contribution in [1.29, 1.82) is 0 Å². The van der Waals surface area contributed by atoms with E-state index in [0.29, 0.717) is 5.56 Å². The van der Waals surface area contributed by atoms with Gasteiger partial charge in [-0.3, -0.25) is 9.78 Å². The number of aromatic nitrogens is 1. The second kappa shape index (κ2) is 4.41. The molecule has 0 N–H and O–H groups in total. The Labute approximate surface area is 96.9 Å². The van der Waals surface area contributed by atoms with Gasteiger partial charge in [0.2, 0.25) is 0 Å². The molecule has 0 saturated heterocycles. The summed E-state index contributed by atoms with van der Waals surface area (Å²) in [6.45, 7) is 1.69. The molecule has 0 aliphatic rings. The Kier molecular flexibility index (Phi) is 2.95. The highest BCUT2D eigenvalue weighted by Gasteiger charge is 2.13. The van der Waals surface area contributed by atoms with Gasteiger partial charge in [-0.15, -0.1) is 0 Å². The Hall–Kier alpha value is -2.10. The van der Waals surface area contributed by atoms with Crippen LogP contribution in [-0.4, -0.2) is 10.8 Å². The third-order valence-electron chi connectivity index (χ3n) is 2.41. The molecule has 0 radical (unpaired) electrons. The van der Waals surface area contributed by atoms with Crippen LogP contribution in [0, 0.1) is 18.6 Å². The zero-order valence-electron chi connectivity index (χ0n) is 9.08. The molecule has 1 aromatic heterocycles. The molecule has 0 aliphatic carbocycles. The molecule has 0 saturated carbocycles. The van der Waals surface area contributed by atoms with Gasteiger partial charge in [-0.1, -0.05) is 6.07 Å². The van der Waals surface area contributed by atoms with Crippen LogP contribution in [0.2, 0.25) is 0 Å². The molecule has 17 heavy (non-hydrogen) atoms. The van der Waals surface area contributed by atoms with Crippen LogP contribution in [0.3, 0.4) is 0 Å². The number of carbonyl (C=O) groups is 1. The first kappa shape index (κ1) is 11.4. The van der Waals surface area contributed by atoms with Gasteiger partial charge in [-0.05, 0) is 30.7 Å². The summed E-state index contributed by atoms with van der Waals surface area (Å²) in [5, 5.41) is 0. The Morgan fingerprint density at radius 2 is 1.88 bits per heavy atom. The minimum Gasteiger partial charge on any atom is -0.289 e. The van der Waals surface area contributed by atoms with Crippen molar-refractivity contribution in [1.82, 2.24) is 4.98 Å². The fraction of sp³-hybridized carbons (Fsp3) is 0.0769. The fourth-order valence-corrected chi connectivity index (χ4v) is 1.53. The van der Waals surface area contributed by atoms with E-state index in [0.717, 1.165) is 18.3 Å². The van der Waals surface area contributed by atoms with Gasteiger partial charge in [-0.25, -0.2) is 8.78 Å². The summed E-state index contributed by atoms with van der Waals surface area (Å²) in [4.78, 5) is 15.6. The summed E-state index contributed by atoms with van der Waals surface area (Å²) < 4.78 is 26.0. The molecule has 4 heteroatoms. The van der Waals surface area contributed by atoms with E-state index >= 15 is 0 Å². The molecule has 0 unspecified atom stereocenters. The van der Waals surface area contributed by atoms with Gasteiger partial charge in [-0.2, -0.15) is 0 Å². The summed E-state index contributed by atoms with van der Waals surface area (Å²) in [6, 6.07) is 5.01. The van der Waals surface area contributed by atoms with Crippen LogP contribution in [-0.2, 0) is 0 Å². The lowest BCUT2D eigenvalue weighted by atomic mass is 10.0. The van der Waals surface area contributed by atoms with Gasteiger partial charge >= 0.3 is 0 Å². The van der Waals surface area contributed by atoms with Crippen molar-refractivity contribution in [2.24, 2.45) is 0 Å². The third-order valence-corrected chi connectivity index (χ3v) is 2.41. The van der Waals surface area contributed by atoms with Gasteiger partial charge in [0.25, 0.3) is 0 Å². The molecule has 0 aliphatic heterocycles. The van der Waals surface area contributed by atoms with Crippen LogP contribution < -0.4 is 0 Å². The lowest BCUT2D eigenvalue weighted by Crippen LogP contribution is -2.05. The number of halogens is 2. The molecular weight excluding hydrogens is 224 g/mol. The minimum atomic E-state index is -0.593. The van der Waals surface area contributed by atoms with Crippen LogP contribution in [0.1, 0.15) is 21.5 Å². The van der Waals surface area contributed by atoms with E-state index < -0.39 is 17.4 Å². The number of rotatable bonds is 2. The molecule has 0 amide bonds. The lowest BCUT2D eigenvalue weighted by molar-refractivity contribution is 0.103. The van der Waals surface area contributed by atoms with E-state index in [1.54, 1.807) is 6.92 Å². The zero-order valence-corrected chi connectivity index (χ0v) is 9.08. The van der Waals surface area contributed by atoms with Crippen LogP contribution in [0.5, 0.6) is 0 Å². The predicted octanol–water partition coefficient (Wildman–Crippen LogP) is 2.90. The molecular formula is C13H9F2NO. The van der Waals surface area contributed by atoms with Crippen molar-refractivity contribution in [3.8, 4) is 0 Å². The van der Waals surface area contributed by atoms with E-state index in [9.17, 15) is 13.6 Å². The maximum Gasteiger partial charge on any atom is 0.195 e. The smallest absolute Gasteiger partial charge is 0.195 e. The largest absolute Gasteiger partial charge is 0.289 e. The van der Waals surface area contributed by atoms with Crippen LogP contribution in [0.15, 0.2) is 36.7 Å². The minimum absolute atomic E-state index is 0.110. The van der Waals surface area contributed by atoms with Crippen molar-refractivity contribution in [2.75, 3.05) is 0 Å². The molecule has 2 aromatic rings. The number of hydrogen-bond acceptors (Lipinski definition) is 2. The molecule has 2 nitrogen and oxygen atoms in total. The molecule has 0 spiro atoms. The fourth-order valence-electron chi connectivity index (χ4n) is 1.53. The first-order valence-corrected chi connectivity index (χ1v) is 4.99. The van der Waals surface area contributed by atoms with E-state index in [2.05, 4.69) is 4.98 Å². The average molecular weight is 233 g/mol. The number of carbonyl (C=O) groups excluding carboxylic acids is 1. The highest BCUT2D eigenvalue weighted by molar-refractivity contribution is 6.09. The van der Waals surface area contributed by atoms with Crippen LogP contribution in [0.4, 0.5) is 8.78 Å². The quantitative estimate of drug-likeness (QED) is 0.746. The summed E-state index contributed by atoms with van der Waals surface area (Å²) in [6.07, 6.45) is 2.27. The van der Waals surface area contributed by atoms with E-state index in [1.807, 2.05) is 0 Å². The average Bonchev–Trinajstić information content (AvgIpc) is 2.31. The second-order valence-corrected chi connectivity index (χ2v) is 3.68. The Balaban J connectivity index is 2.47. The van der Waals surface area contributed by atoms with Crippen LogP contribution >= 0.6 is 0 Å². The Morgan fingerprint density at radius 3 is 2.59 bits per heavy atom. The number of pyridine rings is 1. The SMILES string of the molecule is Cc1ccc(F)cc1C(=O)c1cncc(F)c1. The summed E-state index contributed by atoms with van der Waals surface area (Å²) in [7, 11) is 0. The molecule has 1 aromatic carbocycles. The lowest BCUT2D eigenvalue weighted by Gasteiger charge is -2.04. The van der Waals surface area contributed by atoms with Crippen molar-refractivity contribution < 1.29 is 13.6 Å². The van der Waals surface area contributed by atoms with Crippen molar-refractivity contribution >= 4 is 5.78 Å². The molecule has 2 rings (SSSR count). The van der Waals surface area contributed by atoms with Gasteiger partial charge in [0.1, 0.15) is 11.6 Å². The number of nitrogens with zero attached hydrogens (tertiary/aromatic N) is 1. The summed E-state index contributed by atoms with van der Waals surface area (Å²) in [5.41, 5.74) is 0.969. The first-order chi connectivity index (χ1) is 8.08. The highest BCUT2D eigenvalue weighted by atomic mass is 19.1. The van der Waals surface area contributed by atoms with E-state index in [1.165, 1.54) is 18.3 Å². The Morgan fingerprint density at radius 1 is 1.12 bits per heavy atom. The van der Waals surface area contributed by atoms with Gasteiger partial charge in [0, 0.05) is 17.3 Å². The van der Waals surface area contributed by atoms with Crippen molar-refractivity contribution in [2.45, 2.75) is 6.92 Å². The van der Waals surface area contributed by atoms with Crippen LogP contribution in [0.25, 0.3) is 0 Å². The number of ketones is 1. The zero-order chi connectivity index (χ0) is 12.4. The van der Waals surface area contributed by atoms with E-state index in [-0.39, 0.29) is 11.1 Å². The van der Waals surface area contributed by atoms with Crippen molar-refractivity contribution in [3.05, 3.63) is 65.0 Å². The van der Waals surface area contributed by atoms with Gasteiger partial charge < -0.3 is 0 Å². The molecule has 0 atom stereocenters. The predicted molar refractivity (Wildman–Crippen MR) is 58.8 cm³/mol. The van der Waals surface area contributed by atoms with Crippen molar-refractivity contribution in [3.63, 3.8) is 0 Å². The molecule has 0 bridgehead atoms. The van der Waals surface area contributed by atoms with Gasteiger partial charge in [0.15, 0.2) is 5.78 Å². The maximum absolute atomic E-state index is 13.1. The number of benzene rings is 1. The summed E-state index contributed by atoms with van der Waals surface area (Å²) in [5.74, 6) is -1.53. The standard InChI is InChI=1S/C13H9F2NO/c1-8-2-3-10(14)5-12(8)13(17)9-4-11(15)7-16-6-9/h2-7H,1H3. The number of hydrogen-bond donors (Lipinski definition) is 0. The number of aryl methyl sites for hydroxylation is 1. The monoisotopic (exact) mass is 233 g/mol. The summed E-state index contributed by atoms with van der Waals surface area (Å²) >= 11 is 0.